The summed E-state index contributed by atoms with van der Waals surface area (Å²) in [5.74, 6) is 0.738. The van der Waals surface area contributed by atoms with Crippen LogP contribution >= 0.6 is 0 Å². The first-order chi connectivity index (χ1) is 9.79. The van der Waals surface area contributed by atoms with Crippen LogP contribution in [0, 0.1) is 12.8 Å². The van der Waals surface area contributed by atoms with E-state index < -0.39 is 0 Å². The van der Waals surface area contributed by atoms with Gasteiger partial charge in [-0.3, -0.25) is 0 Å². The zero-order chi connectivity index (χ0) is 14.2. The van der Waals surface area contributed by atoms with Gasteiger partial charge in [0.1, 0.15) is 0 Å². The number of aryl methyl sites for hydroxylation is 1. The lowest BCUT2D eigenvalue weighted by molar-refractivity contribution is 0.101. The summed E-state index contributed by atoms with van der Waals surface area (Å²) in [7, 11) is 2.06. The third-order valence-corrected chi connectivity index (χ3v) is 4.43. The van der Waals surface area contributed by atoms with E-state index >= 15 is 0 Å². The first-order valence-corrected chi connectivity index (χ1v) is 8.10. The first kappa shape index (κ1) is 15.5. The molecule has 0 aliphatic carbocycles. The number of hydrogen-bond donors (Lipinski definition) is 1. The third-order valence-electron chi connectivity index (χ3n) is 4.43. The minimum absolute atomic E-state index is 0.545. The Morgan fingerprint density at radius 2 is 2.20 bits per heavy atom. The predicted molar refractivity (Wildman–Crippen MR) is 85.1 cm³/mol. The Bertz CT molecular complexity index is 385. The lowest BCUT2D eigenvalue weighted by Gasteiger charge is -2.19. The van der Waals surface area contributed by atoms with Crippen LogP contribution < -0.4 is 5.32 Å². The van der Waals surface area contributed by atoms with Gasteiger partial charge in [-0.2, -0.15) is 0 Å². The van der Waals surface area contributed by atoms with Gasteiger partial charge in [-0.1, -0.05) is 30.7 Å². The molecule has 2 nitrogen and oxygen atoms in total. The summed E-state index contributed by atoms with van der Waals surface area (Å²) in [5.41, 5.74) is 2.93. The van der Waals surface area contributed by atoms with Crippen molar-refractivity contribution in [1.29, 1.82) is 0 Å². The first-order valence-electron chi connectivity index (χ1n) is 8.10. The van der Waals surface area contributed by atoms with Crippen LogP contribution in [0.5, 0.6) is 0 Å². The van der Waals surface area contributed by atoms with E-state index in [4.69, 9.17) is 4.74 Å². The van der Waals surface area contributed by atoms with Crippen molar-refractivity contribution in [1.82, 2.24) is 5.32 Å². The molecule has 1 aliphatic rings. The Morgan fingerprint density at radius 3 is 2.90 bits per heavy atom. The molecule has 0 radical (unpaired) electrons. The summed E-state index contributed by atoms with van der Waals surface area (Å²) in [6.07, 6.45) is 8.11. The third kappa shape index (κ3) is 4.92. The van der Waals surface area contributed by atoms with Gasteiger partial charge in [0.25, 0.3) is 0 Å². The second kappa shape index (κ2) is 8.43. The molecule has 2 unspecified atom stereocenters. The van der Waals surface area contributed by atoms with Crippen LogP contribution in [0.3, 0.4) is 0 Å². The Hall–Kier alpha value is -0.860. The minimum atomic E-state index is 0.545. The van der Waals surface area contributed by atoms with Crippen LogP contribution in [-0.2, 0) is 11.2 Å². The molecule has 0 aromatic heterocycles. The van der Waals surface area contributed by atoms with Crippen LogP contribution in [0.1, 0.15) is 43.2 Å². The van der Waals surface area contributed by atoms with E-state index in [0.29, 0.717) is 6.10 Å². The Kier molecular flexibility index (Phi) is 6.55. The number of hydrogen-bond acceptors (Lipinski definition) is 2. The highest BCUT2D eigenvalue weighted by Crippen LogP contribution is 2.22. The minimum Gasteiger partial charge on any atom is -0.378 e. The molecule has 2 atom stereocenters. The van der Waals surface area contributed by atoms with E-state index in [1.54, 1.807) is 0 Å². The zero-order valence-electron chi connectivity index (χ0n) is 13.0. The van der Waals surface area contributed by atoms with Crippen molar-refractivity contribution in [2.24, 2.45) is 5.92 Å². The molecule has 1 fully saturated rings. The summed E-state index contributed by atoms with van der Waals surface area (Å²) in [5, 5.41) is 3.35. The number of rotatable bonds is 8. The van der Waals surface area contributed by atoms with Crippen molar-refractivity contribution >= 4 is 0 Å². The molecule has 0 spiro atoms. The van der Waals surface area contributed by atoms with Gasteiger partial charge in [-0.05, 0) is 69.7 Å². The summed E-state index contributed by atoms with van der Waals surface area (Å²) in [6, 6.07) is 8.78. The Labute approximate surface area is 123 Å². The lowest BCUT2D eigenvalue weighted by atomic mass is 9.91. The normalized spacial score (nSPS) is 20.2. The van der Waals surface area contributed by atoms with Gasteiger partial charge in [-0.15, -0.1) is 0 Å². The Morgan fingerprint density at radius 1 is 1.35 bits per heavy atom. The number of nitrogens with one attached hydrogen (secondary N) is 1. The monoisotopic (exact) mass is 275 g/mol. The van der Waals surface area contributed by atoms with Gasteiger partial charge < -0.3 is 10.1 Å². The fourth-order valence-electron chi connectivity index (χ4n) is 3.22. The molecule has 2 heteroatoms. The molecule has 20 heavy (non-hydrogen) atoms. The highest BCUT2D eigenvalue weighted by atomic mass is 16.5. The maximum Gasteiger partial charge on any atom is 0.0576 e. The molecule has 1 aromatic rings. The van der Waals surface area contributed by atoms with Crippen LogP contribution in [0.25, 0.3) is 0 Å². The number of ether oxygens (including phenoxy) is 1. The smallest absolute Gasteiger partial charge is 0.0576 e. The van der Waals surface area contributed by atoms with Crippen molar-refractivity contribution in [3.63, 3.8) is 0 Å². The van der Waals surface area contributed by atoms with E-state index in [2.05, 4.69) is 43.6 Å². The summed E-state index contributed by atoms with van der Waals surface area (Å²) in [6.45, 7) is 4.31. The molecule has 0 amide bonds. The second-order valence-corrected chi connectivity index (χ2v) is 6.12. The predicted octanol–water partition coefficient (Wildman–Crippen LogP) is 3.72. The molecule has 1 aromatic carbocycles. The summed E-state index contributed by atoms with van der Waals surface area (Å²) < 4.78 is 5.72. The molecule has 1 aliphatic heterocycles. The van der Waals surface area contributed by atoms with Crippen molar-refractivity contribution in [3.8, 4) is 0 Å². The van der Waals surface area contributed by atoms with Crippen molar-refractivity contribution in [2.75, 3.05) is 20.2 Å². The molecular weight excluding hydrogens is 246 g/mol. The average molecular weight is 275 g/mol. The molecule has 1 saturated heterocycles. The van der Waals surface area contributed by atoms with Gasteiger partial charge in [0.2, 0.25) is 0 Å². The van der Waals surface area contributed by atoms with Gasteiger partial charge in [0, 0.05) is 6.61 Å². The van der Waals surface area contributed by atoms with E-state index in [1.165, 1.54) is 49.7 Å². The highest BCUT2D eigenvalue weighted by Gasteiger charge is 2.16. The van der Waals surface area contributed by atoms with Crippen molar-refractivity contribution in [3.05, 3.63) is 35.4 Å². The van der Waals surface area contributed by atoms with Gasteiger partial charge in [-0.25, -0.2) is 0 Å². The molecule has 0 bridgehead atoms. The van der Waals surface area contributed by atoms with Crippen molar-refractivity contribution in [2.45, 2.75) is 51.6 Å². The second-order valence-electron chi connectivity index (χ2n) is 6.12. The summed E-state index contributed by atoms with van der Waals surface area (Å²) >= 11 is 0. The lowest BCUT2D eigenvalue weighted by Crippen LogP contribution is -2.21. The average Bonchev–Trinajstić information content (AvgIpc) is 2.95. The molecule has 112 valence electrons. The van der Waals surface area contributed by atoms with Gasteiger partial charge >= 0.3 is 0 Å². The van der Waals surface area contributed by atoms with Crippen LogP contribution in [-0.4, -0.2) is 26.3 Å². The highest BCUT2D eigenvalue weighted by molar-refractivity contribution is 5.25. The molecule has 1 heterocycles. The topological polar surface area (TPSA) is 21.3 Å². The SMILES string of the molecule is CNCC(CCCC1CCCO1)Cc1ccccc1C. The fraction of sp³-hybridized carbons (Fsp3) is 0.667. The largest absolute Gasteiger partial charge is 0.378 e. The zero-order valence-corrected chi connectivity index (χ0v) is 13.0. The maximum atomic E-state index is 5.72. The molecular formula is C18H29NO. The van der Waals surface area contributed by atoms with Crippen LogP contribution in [0.4, 0.5) is 0 Å². The van der Waals surface area contributed by atoms with Crippen LogP contribution in [0.2, 0.25) is 0 Å². The van der Waals surface area contributed by atoms with E-state index in [9.17, 15) is 0 Å². The van der Waals surface area contributed by atoms with E-state index in [0.717, 1.165) is 19.1 Å². The van der Waals surface area contributed by atoms with Gasteiger partial charge in [0.05, 0.1) is 6.10 Å². The molecule has 1 N–H and O–H groups in total. The van der Waals surface area contributed by atoms with Crippen molar-refractivity contribution < 1.29 is 4.74 Å². The van der Waals surface area contributed by atoms with Crippen LogP contribution in [0.15, 0.2) is 24.3 Å². The van der Waals surface area contributed by atoms with Gasteiger partial charge in [0.15, 0.2) is 0 Å². The molecule has 2 rings (SSSR count). The molecule has 0 saturated carbocycles. The number of benzene rings is 1. The van der Waals surface area contributed by atoms with E-state index in [1.807, 2.05) is 0 Å². The quantitative estimate of drug-likeness (QED) is 0.780. The standard InChI is InChI=1S/C18H29NO/c1-15-7-3-4-9-17(15)13-16(14-19-2)8-5-10-18-11-6-12-20-18/h3-4,7,9,16,18-19H,5-6,8,10-14H2,1-2H3. The Balaban J connectivity index is 1.78. The maximum absolute atomic E-state index is 5.72. The summed E-state index contributed by atoms with van der Waals surface area (Å²) in [4.78, 5) is 0. The fourth-order valence-corrected chi connectivity index (χ4v) is 3.22. The van der Waals surface area contributed by atoms with E-state index in [-0.39, 0.29) is 0 Å².